The fourth-order valence-corrected chi connectivity index (χ4v) is 1.75. The Bertz CT molecular complexity index is 760. The van der Waals surface area contributed by atoms with E-state index >= 15 is 0 Å². The van der Waals surface area contributed by atoms with Gasteiger partial charge in [-0.3, -0.25) is 14.2 Å². The molecule has 0 unspecified atom stereocenters. The summed E-state index contributed by atoms with van der Waals surface area (Å²) in [4.78, 5) is 34.2. The zero-order valence-corrected chi connectivity index (χ0v) is 10.6. The Morgan fingerprint density at radius 1 is 1.30 bits per heavy atom. The van der Waals surface area contributed by atoms with Crippen LogP contribution in [0, 0.1) is 0 Å². The number of hydrogen-bond donors (Lipinski definition) is 1. The highest BCUT2D eigenvalue weighted by atomic mass is 16.5. The molecule has 1 aromatic carbocycles. The second kappa shape index (κ2) is 5.43. The number of ether oxygens (including phenoxy) is 1. The van der Waals surface area contributed by atoms with E-state index in [1.165, 1.54) is 0 Å². The van der Waals surface area contributed by atoms with E-state index in [2.05, 4.69) is 0 Å². The molecule has 2 rings (SSSR count). The maximum atomic E-state index is 11.9. The highest BCUT2D eigenvalue weighted by molar-refractivity contribution is 5.73. The first-order valence-corrected chi connectivity index (χ1v) is 5.85. The van der Waals surface area contributed by atoms with Crippen LogP contribution in [-0.4, -0.2) is 27.4 Å². The van der Waals surface area contributed by atoms with E-state index in [1.807, 2.05) is 0 Å². The molecule has 0 saturated heterocycles. The number of hydrogen-bond acceptors (Lipinski definition) is 5. The van der Waals surface area contributed by atoms with E-state index in [-0.39, 0.29) is 16.6 Å². The minimum atomic E-state index is -1.06. The topological polar surface area (TPSA) is 90.5 Å². The SMILES string of the molecule is CCOc1ccccc1-n1cc(C=O)c(=O)n(O)c1=O. The Kier molecular flexibility index (Phi) is 3.69. The highest BCUT2D eigenvalue weighted by Crippen LogP contribution is 2.20. The van der Waals surface area contributed by atoms with E-state index in [9.17, 15) is 19.6 Å². The van der Waals surface area contributed by atoms with Gasteiger partial charge in [0.1, 0.15) is 5.75 Å². The molecule has 0 radical (unpaired) electrons. The van der Waals surface area contributed by atoms with Crippen LogP contribution in [0.5, 0.6) is 5.75 Å². The lowest BCUT2D eigenvalue weighted by Gasteiger charge is -2.12. The van der Waals surface area contributed by atoms with Gasteiger partial charge >= 0.3 is 5.69 Å². The van der Waals surface area contributed by atoms with E-state index < -0.39 is 11.2 Å². The van der Waals surface area contributed by atoms with Gasteiger partial charge in [-0.2, -0.15) is 0 Å². The number of rotatable bonds is 4. The third-order valence-electron chi connectivity index (χ3n) is 2.65. The van der Waals surface area contributed by atoms with Gasteiger partial charge < -0.3 is 9.94 Å². The van der Waals surface area contributed by atoms with Crippen molar-refractivity contribution in [2.24, 2.45) is 0 Å². The average Bonchev–Trinajstić information content (AvgIpc) is 2.47. The second-order valence-corrected chi connectivity index (χ2v) is 3.87. The predicted octanol–water partition coefficient (Wildman–Crippen LogP) is 0.448. The van der Waals surface area contributed by atoms with Crippen LogP contribution < -0.4 is 16.0 Å². The number of aldehydes is 1. The minimum absolute atomic E-state index is 0.105. The Morgan fingerprint density at radius 2 is 2.00 bits per heavy atom. The molecule has 2 aromatic rings. The zero-order valence-electron chi connectivity index (χ0n) is 10.6. The zero-order chi connectivity index (χ0) is 14.7. The van der Waals surface area contributed by atoms with Crippen LogP contribution in [-0.2, 0) is 0 Å². The lowest BCUT2D eigenvalue weighted by Crippen LogP contribution is -2.39. The number of carbonyl (C=O) groups is 1. The van der Waals surface area contributed by atoms with E-state index in [1.54, 1.807) is 31.2 Å². The summed E-state index contributed by atoms with van der Waals surface area (Å²) in [6.07, 6.45) is 1.34. The van der Waals surface area contributed by atoms with Crippen molar-refractivity contribution in [3.63, 3.8) is 0 Å². The molecule has 0 aliphatic carbocycles. The van der Waals surface area contributed by atoms with Crippen LogP contribution in [0.4, 0.5) is 0 Å². The Morgan fingerprint density at radius 3 is 2.65 bits per heavy atom. The molecule has 0 amide bonds. The first kappa shape index (κ1) is 13.6. The van der Waals surface area contributed by atoms with Gasteiger partial charge in [-0.1, -0.05) is 16.9 Å². The molecule has 7 nitrogen and oxygen atoms in total. The first-order chi connectivity index (χ1) is 9.60. The fraction of sp³-hybridized carbons (Fsp3) is 0.154. The Labute approximate surface area is 113 Å². The predicted molar refractivity (Wildman–Crippen MR) is 70.0 cm³/mol. The Hall–Kier alpha value is -2.83. The third kappa shape index (κ3) is 2.20. The lowest BCUT2D eigenvalue weighted by molar-refractivity contribution is 0.110. The summed E-state index contributed by atoms with van der Waals surface area (Å²) in [5, 5.41) is 9.45. The molecule has 0 spiro atoms. The number of para-hydroxylation sites is 2. The Balaban J connectivity index is 2.77. The van der Waals surface area contributed by atoms with Gasteiger partial charge in [0.25, 0.3) is 5.56 Å². The molecule has 1 N–H and O–H groups in total. The quantitative estimate of drug-likeness (QED) is 0.646. The van der Waals surface area contributed by atoms with Crippen molar-refractivity contribution >= 4 is 6.29 Å². The monoisotopic (exact) mass is 276 g/mol. The first-order valence-electron chi connectivity index (χ1n) is 5.85. The number of aromatic nitrogens is 2. The summed E-state index contributed by atoms with van der Waals surface area (Å²) in [6, 6.07) is 6.59. The van der Waals surface area contributed by atoms with Crippen molar-refractivity contribution in [2.45, 2.75) is 6.92 Å². The molecule has 0 saturated carbocycles. The molecule has 0 atom stereocenters. The average molecular weight is 276 g/mol. The molecule has 104 valence electrons. The van der Waals surface area contributed by atoms with Crippen molar-refractivity contribution < 1.29 is 14.7 Å². The van der Waals surface area contributed by atoms with Gasteiger partial charge in [-0.05, 0) is 19.1 Å². The van der Waals surface area contributed by atoms with Gasteiger partial charge in [0, 0.05) is 6.20 Å². The van der Waals surface area contributed by atoms with E-state index in [0.29, 0.717) is 18.0 Å². The molecule has 20 heavy (non-hydrogen) atoms. The molecule has 1 heterocycles. The minimum Gasteiger partial charge on any atom is -0.492 e. The van der Waals surface area contributed by atoms with Crippen LogP contribution in [0.15, 0.2) is 40.1 Å². The summed E-state index contributed by atoms with van der Waals surface area (Å²) < 4.78 is 6.25. The van der Waals surface area contributed by atoms with Crippen LogP contribution in [0.1, 0.15) is 17.3 Å². The lowest BCUT2D eigenvalue weighted by atomic mass is 10.2. The number of nitrogens with zero attached hydrogens (tertiary/aromatic N) is 2. The highest BCUT2D eigenvalue weighted by Gasteiger charge is 2.14. The van der Waals surface area contributed by atoms with Crippen molar-refractivity contribution in [2.75, 3.05) is 6.61 Å². The van der Waals surface area contributed by atoms with Crippen molar-refractivity contribution in [1.82, 2.24) is 9.30 Å². The number of carbonyl (C=O) groups excluding carboxylic acids is 1. The van der Waals surface area contributed by atoms with Crippen molar-refractivity contribution in [3.05, 3.63) is 56.9 Å². The second-order valence-electron chi connectivity index (χ2n) is 3.87. The molecule has 0 aliphatic heterocycles. The van der Waals surface area contributed by atoms with Crippen LogP contribution >= 0.6 is 0 Å². The van der Waals surface area contributed by atoms with Crippen LogP contribution in [0.3, 0.4) is 0 Å². The van der Waals surface area contributed by atoms with Gasteiger partial charge in [0.05, 0.1) is 17.9 Å². The standard InChI is InChI=1S/C13H12N2O5/c1-2-20-11-6-4-3-5-10(11)14-7-9(8-16)12(17)15(19)13(14)18/h3-8,19H,2H2,1H3. The normalized spacial score (nSPS) is 10.2. The van der Waals surface area contributed by atoms with Gasteiger partial charge in [-0.25, -0.2) is 4.79 Å². The van der Waals surface area contributed by atoms with Crippen LogP contribution in [0.25, 0.3) is 5.69 Å². The summed E-state index contributed by atoms with van der Waals surface area (Å²) in [5.41, 5.74) is -2.05. The van der Waals surface area contributed by atoms with Gasteiger partial charge in [0.15, 0.2) is 6.29 Å². The molecule has 0 aliphatic rings. The summed E-state index contributed by atoms with van der Waals surface area (Å²) in [7, 11) is 0. The molecular weight excluding hydrogens is 264 g/mol. The van der Waals surface area contributed by atoms with Gasteiger partial charge in [-0.15, -0.1) is 0 Å². The third-order valence-corrected chi connectivity index (χ3v) is 2.65. The molecule has 7 heteroatoms. The maximum Gasteiger partial charge on any atom is 0.369 e. The van der Waals surface area contributed by atoms with E-state index in [4.69, 9.17) is 4.74 Å². The largest absolute Gasteiger partial charge is 0.492 e. The fourth-order valence-electron chi connectivity index (χ4n) is 1.75. The number of benzene rings is 1. The summed E-state index contributed by atoms with van der Waals surface area (Å²) >= 11 is 0. The maximum absolute atomic E-state index is 11.9. The molecule has 0 fully saturated rings. The summed E-state index contributed by atoms with van der Waals surface area (Å²) in [6.45, 7) is 2.16. The van der Waals surface area contributed by atoms with Gasteiger partial charge in [0.2, 0.25) is 0 Å². The van der Waals surface area contributed by atoms with Crippen LogP contribution in [0.2, 0.25) is 0 Å². The van der Waals surface area contributed by atoms with Crippen molar-refractivity contribution in [1.29, 1.82) is 0 Å². The van der Waals surface area contributed by atoms with Crippen molar-refractivity contribution in [3.8, 4) is 11.4 Å². The molecule has 0 bridgehead atoms. The molecule has 1 aromatic heterocycles. The van der Waals surface area contributed by atoms with E-state index in [0.717, 1.165) is 10.8 Å². The summed E-state index contributed by atoms with van der Waals surface area (Å²) in [5.74, 6) is 0.396. The smallest absolute Gasteiger partial charge is 0.369 e. The molecular formula is C13H12N2O5.